The summed E-state index contributed by atoms with van der Waals surface area (Å²) in [4.78, 5) is 28.5. The van der Waals surface area contributed by atoms with Crippen LogP contribution in [0.1, 0.15) is 33.2 Å². The first kappa shape index (κ1) is 27.9. The molecule has 0 aliphatic carbocycles. The van der Waals surface area contributed by atoms with Crippen LogP contribution in [0.3, 0.4) is 0 Å². The van der Waals surface area contributed by atoms with Gasteiger partial charge in [-0.25, -0.2) is 9.59 Å². The van der Waals surface area contributed by atoms with Crippen LogP contribution in [-0.2, 0) is 22.6 Å². The molecule has 0 bridgehead atoms. The van der Waals surface area contributed by atoms with E-state index in [0.717, 1.165) is 29.8 Å². The molecule has 1 unspecified atom stereocenters. The molecule has 9 heteroatoms. The topological polar surface area (TPSA) is 71.1 Å². The van der Waals surface area contributed by atoms with Gasteiger partial charge in [-0.2, -0.15) is 0 Å². The number of methoxy groups -OCH3 is 1. The Morgan fingerprint density at radius 3 is 2.03 bits per heavy atom. The molecule has 1 N–H and O–H groups in total. The molecule has 0 saturated carbocycles. The predicted molar refractivity (Wildman–Crippen MR) is 148 cm³/mol. The lowest BCUT2D eigenvalue weighted by molar-refractivity contribution is 0.00554. The molecular weight excluding hydrogens is 525 g/mol. The Labute approximate surface area is 233 Å². The number of urea groups is 1. The molecule has 1 fully saturated rings. The van der Waals surface area contributed by atoms with Gasteiger partial charge < -0.3 is 19.7 Å². The molecule has 1 aliphatic heterocycles. The van der Waals surface area contributed by atoms with Crippen molar-refractivity contribution in [2.24, 2.45) is 0 Å². The van der Waals surface area contributed by atoms with Gasteiger partial charge in [-0.1, -0.05) is 59.6 Å². The summed E-state index contributed by atoms with van der Waals surface area (Å²) in [7, 11) is 1.36. The van der Waals surface area contributed by atoms with Gasteiger partial charge in [-0.3, -0.25) is 4.90 Å². The first-order valence-electron chi connectivity index (χ1n) is 12.4. The SMILES string of the molecule is COC(=O)c1ccc(COC(CN2CCN(C(=O)NCc3ccc(Cl)cc3)CC2)c2ccc(Cl)cc2)cc1. The van der Waals surface area contributed by atoms with E-state index >= 15 is 0 Å². The zero-order valence-electron chi connectivity index (χ0n) is 21.2. The van der Waals surface area contributed by atoms with E-state index in [1.807, 2.05) is 65.6 Å². The maximum atomic E-state index is 12.7. The smallest absolute Gasteiger partial charge is 0.337 e. The van der Waals surface area contributed by atoms with Crippen LogP contribution in [0.2, 0.25) is 10.0 Å². The first-order chi connectivity index (χ1) is 18.4. The Bertz CT molecular complexity index is 1200. The summed E-state index contributed by atoms with van der Waals surface area (Å²) >= 11 is 12.0. The monoisotopic (exact) mass is 555 g/mol. The van der Waals surface area contributed by atoms with Crippen molar-refractivity contribution in [2.75, 3.05) is 39.8 Å². The zero-order chi connectivity index (χ0) is 26.9. The fourth-order valence-corrected chi connectivity index (χ4v) is 4.50. The van der Waals surface area contributed by atoms with Gasteiger partial charge in [0.1, 0.15) is 0 Å². The largest absolute Gasteiger partial charge is 0.465 e. The summed E-state index contributed by atoms with van der Waals surface area (Å²) in [5.41, 5.74) is 3.49. The predicted octanol–water partition coefficient (Wildman–Crippen LogP) is 5.57. The van der Waals surface area contributed by atoms with E-state index in [1.54, 1.807) is 12.1 Å². The van der Waals surface area contributed by atoms with Gasteiger partial charge in [0.2, 0.25) is 0 Å². The quantitative estimate of drug-likeness (QED) is 0.350. The maximum absolute atomic E-state index is 12.7. The van der Waals surface area contributed by atoms with E-state index in [4.69, 9.17) is 32.7 Å². The summed E-state index contributed by atoms with van der Waals surface area (Å²) < 4.78 is 11.1. The highest BCUT2D eigenvalue weighted by atomic mass is 35.5. The lowest BCUT2D eigenvalue weighted by Crippen LogP contribution is -2.52. The summed E-state index contributed by atoms with van der Waals surface area (Å²) in [6.45, 7) is 4.29. The molecule has 3 aromatic rings. The van der Waals surface area contributed by atoms with Gasteiger partial charge in [-0.05, 0) is 53.1 Å². The van der Waals surface area contributed by atoms with E-state index in [2.05, 4.69) is 10.2 Å². The first-order valence-corrected chi connectivity index (χ1v) is 13.2. The summed E-state index contributed by atoms with van der Waals surface area (Å²) in [6.07, 6.45) is -0.183. The molecule has 0 spiro atoms. The van der Waals surface area contributed by atoms with Crippen LogP contribution >= 0.6 is 23.2 Å². The third kappa shape index (κ3) is 7.95. The number of ether oxygens (including phenoxy) is 2. The minimum atomic E-state index is -0.366. The lowest BCUT2D eigenvalue weighted by atomic mass is 10.1. The van der Waals surface area contributed by atoms with E-state index < -0.39 is 0 Å². The average molecular weight is 556 g/mol. The molecule has 38 heavy (non-hydrogen) atoms. The number of rotatable bonds is 9. The number of benzene rings is 3. The maximum Gasteiger partial charge on any atom is 0.337 e. The standard InChI is InChI=1S/C29H31Cl2N3O4/c1-37-28(35)24-6-2-22(3-7-24)20-38-27(23-8-12-26(31)13-9-23)19-33-14-16-34(17-15-33)29(36)32-18-21-4-10-25(30)11-5-21/h2-13,27H,14-20H2,1H3,(H,32,36). The second kappa shape index (κ2) is 13.6. The zero-order valence-corrected chi connectivity index (χ0v) is 22.8. The Kier molecular flexibility index (Phi) is 10.0. The molecule has 200 valence electrons. The number of nitrogens with one attached hydrogen (secondary N) is 1. The van der Waals surface area contributed by atoms with Crippen LogP contribution in [0.4, 0.5) is 4.79 Å². The van der Waals surface area contributed by atoms with Crippen molar-refractivity contribution < 1.29 is 19.1 Å². The van der Waals surface area contributed by atoms with Crippen molar-refractivity contribution >= 4 is 35.2 Å². The number of esters is 1. The Morgan fingerprint density at radius 2 is 1.42 bits per heavy atom. The minimum absolute atomic E-state index is 0.0690. The van der Waals surface area contributed by atoms with Gasteiger partial charge in [0, 0.05) is 49.3 Å². The normalized spacial score (nSPS) is 14.7. The van der Waals surface area contributed by atoms with Crippen molar-refractivity contribution in [3.05, 3.63) is 105 Å². The number of carbonyl (C=O) groups is 2. The van der Waals surface area contributed by atoms with Gasteiger partial charge in [0.25, 0.3) is 0 Å². The molecule has 0 radical (unpaired) electrons. The fourth-order valence-electron chi connectivity index (χ4n) is 4.24. The highest BCUT2D eigenvalue weighted by Crippen LogP contribution is 2.23. The Morgan fingerprint density at radius 1 is 0.842 bits per heavy atom. The van der Waals surface area contributed by atoms with E-state index in [1.165, 1.54) is 7.11 Å². The van der Waals surface area contributed by atoms with Gasteiger partial charge in [0.15, 0.2) is 0 Å². The van der Waals surface area contributed by atoms with Crippen molar-refractivity contribution in [1.82, 2.24) is 15.1 Å². The van der Waals surface area contributed by atoms with Crippen molar-refractivity contribution in [3.8, 4) is 0 Å². The third-order valence-electron chi connectivity index (χ3n) is 6.51. The van der Waals surface area contributed by atoms with E-state index in [0.29, 0.717) is 48.4 Å². The highest BCUT2D eigenvalue weighted by molar-refractivity contribution is 6.30. The summed E-state index contributed by atoms with van der Waals surface area (Å²) in [5, 5.41) is 4.33. The number of halogens is 2. The average Bonchev–Trinajstić information content (AvgIpc) is 2.95. The molecule has 1 aliphatic rings. The second-order valence-electron chi connectivity index (χ2n) is 9.11. The van der Waals surface area contributed by atoms with Gasteiger partial charge in [0.05, 0.1) is 25.4 Å². The molecule has 0 aromatic heterocycles. The third-order valence-corrected chi connectivity index (χ3v) is 7.01. The molecule has 3 aromatic carbocycles. The van der Waals surface area contributed by atoms with Crippen LogP contribution < -0.4 is 5.32 Å². The Hall–Kier alpha value is -3.10. The van der Waals surface area contributed by atoms with Crippen LogP contribution in [0, 0.1) is 0 Å². The van der Waals surface area contributed by atoms with Gasteiger partial charge >= 0.3 is 12.0 Å². The second-order valence-corrected chi connectivity index (χ2v) is 9.99. The van der Waals surface area contributed by atoms with E-state index in [9.17, 15) is 9.59 Å². The molecular formula is C29H31Cl2N3O4. The number of piperazine rings is 1. The minimum Gasteiger partial charge on any atom is -0.465 e. The van der Waals surface area contributed by atoms with Crippen molar-refractivity contribution in [3.63, 3.8) is 0 Å². The molecule has 1 saturated heterocycles. The van der Waals surface area contributed by atoms with Crippen LogP contribution in [0.5, 0.6) is 0 Å². The number of hydrogen-bond donors (Lipinski definition) is 1. The number of amides is 2. The molecule has 7 nitrogen and oxygen atoms in total. The Balaban J connectivity index is 1.31. The van der Waals surface area contributed by atoms with E-state index in [-0.39, 0.29) is 18.1 Å². The van der Waals surface area contributed by atoms with Gasteiger partial charge in [-0.15, -0.1) is 0 Å². The lowest BCUT2D eigenvalue weighted by Gasteiger charge is -2.36. The summed E-state index contributed by atoms with van der Waals surface area (Å²) in [6, 6.07) is 22.3. The fraction of sp³-hybridized carbons (Fsp3) is 0.310. The highest BCUT2D eigenvalue weighted by Gasteiger charge is 2.24. The number of nitrogens with zero attached hydrogens (tertiary/aromatic N) is 2. The van der Waals surface area contributed by atoms with Crippen LogP contribution in [0.15, 0.2) is 72.8 Å². The number of hydrogen-bond acceptors (Lipinski definition) is 5. The van der Waals surface area contributed by atoms with Crippen LogP contribution in [0.25, 0.3) is 0 Å². The number of carbonyl (C=O) groups excluding carboxylic acids is 2. The van der Waals surface area contributed by atoms with Crippen molar-refractivity contribution in [2.45, 2.75) is 19.3 Å². The van der Waals surface area contributed by atoms with Crippen LogP contribution in [-0.4, -0.2) is 61.6 Å². The molecule has 1 heterocycles. The molecule has 4 rings (SSSR count). The van der Waals surface area contributed by atoms with Crippen molar-refractivity contribution in [1.29, 1.82) is 0 Å². The molecule has 1 atom stereocenters. The molecule has 2 amide bonds. The summed E-state index contributed by atoms with van der Waals surface area (Å²) in [5.74, 6) is -0.366.